The fraction of sp³-hybridized carbons (Fsp3) is 0.222. The molecule has 0 spiro atoms. The van der Waals surface area contributed by atoms with Gasteiger partial charge in [-0.05, 0) is 41.8 Å². The standard InChI is InChI=1S/C18H18FN3O2/c19-14-5-7-15(8-6-14)21-17(23)11-22-10-13-4-2-1-3-12(13)9-16(22)18(20)24/h1-8,16H,9-11H2,(H2,20,24)(H,21,23). The fourth-order valence-corrected chi connectivity index (χ4v) is 2.94. The van der Waals surface area contributed by atoms with Gasteiger partial charge in [0.15, 0.2) is 0 Å². The Morgan fingerprint density at radius 3 is 2.46 bits per heavy atom. The molecular formula is C18H18FN3O2. The van der Waals surface area contributed by atoms with Gasteiger partial charge in [-0.15, -0.1) is 0 Å². The number of nitrogens with two attached hydrogens (primary N) is 1. The molecule has 0 aliphatic carbocycles. The van der Waals surface area contributed by atoms with Crippen molar-refractivity contribution in [3.05, 3.63) is 65.5 Å². The molecule has 124 valence electrons. The van der Waals surface area contributed by atoms with Gasteiger partial charge in [0.25, 0.3) is 0 Å². The molecule has 3 N–H and O–H groups in total. The van der Waals surface area contributed by atoms with Crippen molar-refractivity contribution in [1.29, 1.82) is 0 Å². The maximum Gasteiger partial charge on any atom is 0.238 e. The van der Waals surface area contributed by atoms with Gasteiger partial charge in [-0.3, -0.25) is 14.5 Å². The minimum Gasteiger partial charge on any atom is -0.368 e. The number of benzene rings is 2. The molecule has 2 amide bonds. The molecular weight excluding hydrogens is 309 g/mol. The van der Waals surface area contributed by atoms with Crippen molar-refractivity contribution in [3.8, 4) is 0 Å². The third-order valence-corrected chi connectivity index (χ3v) is 4.15. The van der Waals surface area contributed by atoms with Crippen LogP contribution in [-0.4, -0.2) is 29.3 Å². The van der Waals surface area contributed by atoms with Crippen molar-refractivity contribution < 1.29 is 14.0 Å². The lowest BCUT2D eigenvalue weighted by Crippen LogP contribution is -2.50. The Kier molecular flexibility index (Phi) is 4.57. The van der Waals surface area contributed by atoms with E-state index >= 15 is 0 Å². The molecule has 1 aliphatic rings. The Labute approximate surface area is 139 Å². The van der Waals surface area contributed by atoms with E-state index in [4.69, 9.17) is 5.73 Å². The molecule has 0 bridgehead atoms. The van der Waals surface area contributed by atoms with Crippen LogP contribution in [-0.2, 0) is 22.6 Å². The Hall–Kier alpha value is -2.73. The molecule has 1 atom stereocenters. The van der Waals surface area contributed by atoms with Crippen LogP contribution >= 0.6 is 0 Å². The van der Waals surface area contributed by atoms with Gasteiger partial charge < -0.3 is 11.1 Å². The van der Waals surface area contributed by atoms with Crippen LogP contribution in [0.5, 0.6) is 0 Å². The lowest BCUT2D eigenvalue weighted by Gasteiger charge is -2.34. The van der Waals surface area contributed by atoms with Crippen LogP contribution in [0.15, 0.2) is 48.5 Å². The van der Waals surface area contributed by atoms with E-state index in [0.717, 1.165) is 11.1 Å². The van der Waals surface area contributed by atoms with Crippen molar-refractivity contribution in [2.24, 2.45) is 5.73 Å². The molecule has 1 aliphatic heterocycles. The van der Waals surface area contributed by atoms with Gasteiger partial charge in [0.05, 0.1) is 12.6 Å². The number of hydrogen-bond acceptors (Lipinski definition) is 3. The maximum atomic E-state index is 12.9. The van der Waals surface area contributed by atoms with Crippen molar-refractivity contribution in [2.45, 2.75) is 19.0 Å². The second kappa shape index (κ2) is 6.80. The Bertz CT molecular complexity index is 761. The Morgan fingerprint density at radius 1 is 1.12 bits per heavy atom. The molecule has 3 rings (SSSR count). The number of anilines is 1. The van der Waals surface area contributed by atoms with E-state index in [9.17, 15) is 14.0 Å². The minimum absolute atomic E-state index is 0.0410. The molecule has 0 aromatic heterocycles. The van der Waals surface area contributed by atoms with Gasteiger partial charge in [0, 0.05) is 12.2 Å². The first-order valence-electron chi connectivity index (χ1n) is 7.68. The average molecular weight is 327 g/mol. The third-order valence-electron chi connectivity index (χ3n) is 4.15. The lowest BCUT2D eigenvalue weighted by atomic mass is 9.93. The minimum atomic E-state index is -0.515. The molecule has 0 radical (unpaired) electrons. The van der Waals surface area contributed by atoms with E-state index in [1.165, 1.54) is 24.3 Å². The molecule has 0 fully saturated rings. The van der Waals surface area contributed by atoms with Crippen LogP contribution in [0.25, 0.3) is 0 Å². The first-order valence-corrected chi connectivity index (χ1v) is 7.68. The fourth-order valence-electron chi connectivity index (χ4n) is 2.94. The van der Waals surface area contributed by atoms with E-state index < -0.39 is 11.9 Å². The Balaban J connectivity index is 1.71. The second-order valence-corrected chi connectivity index (χ2v) is 5.85. The number of carbonyl (C=O) groups is 2. The number of rotatable bonds is 4. The molecule has 0 saturated carbocycles. The van der Waals surface area contributed by atoms with Gasteiger partial charge in [0.1, 0.15) is 5.82 Å². The summed E-state index contributed by atoms with van der Waals surface area (Å²) in [5.74, 6) is -1.08. The highest BCUT2D eigenvalue weighted by atomic mass is 19.1. The summed E-state index contributed by atoms with van der Waals surface area (Å²) in [6.07, 6.45) is 0.495. The molecule has 5 nitrogen and oxygen atoms in total. The third kappa shape index (κ3) is 3.60. The summed E-state index contributed by atoms with van der Waals surface area (Å²) in [7, 11) is 0. The number of carbonyl (C=O) groups excluding carboxylic acids is 2. The topological polar surface area (TPSA) is 75.4 Å². The summed E-state index contributed by atoms with van der Waals surface area (Å²) in [6.45, 7) is 0.528. The number of hydrogen-bond donors (Lipinski definition) is 2. The number of nitrogens with zero attached hydrogens (tertiary/aromatic N) is 1. The Morgan fingerprint density at radius 2 is 1.79 bits per heavy atom. The normalized spacial score (nSPS) is 17.1. The summed E-state index contributed by atoms with van der Waals surface area (Å²) in [5, 5.41) is 2.70. The number of fused-ring (bicyclic) bond motifs is 1. The average Bonchev–Trinajstić information content (AvgIpc) is 2.56. The number of halogens is 1. The molecule has 1 heterocycles. The molecule has 24 heavy (non-hydrogen) atoms. The van der Waals surface area contributed by atoms with Crippen molar-refractivity contribution in [3.63, 3.8) is 0 Å². The van der Waals surface area contributed by atoms with Crippen LogP contribution in [0.3, 0.4) is 0 Å². The number of primary amides is 1. The van der Waals surface area contributed by atoms with Gasteiger partial charge in [-0.1, -0.05) is 24.3 Å². The second-order valence-electron chi connectivity index (χ2n) is 5.85. The lowest BCUT2D eigenvalue weighted by molar-refractivity contribution is -0.125. The number of amides is 2. The van der Waals surface area contributed by atoms with Crippen molar-refractivity contribution in [1.82, 2.24) is 4.90 Å². The van der Waals surface area contributed by atoms with Crippen LogP contribution in [0.1, 0.15) is 11.1 Å². The van der Waals surface area contributed by atoms with E-state index in [1.807, 2.05) is 24.3 Å². The summed E-state index contributed by atoms with van der Waals surface area (Å²) < 4.78 is 12.9. The first-order chi connectivity index (χ1) is 11.5. The zero-order chi connectivity index (χ0) is 17.1. The van der Waals surface area contributed by atoms with E-state index in [0.29, 0.717) is 18.7 Å². The molecule has 0 saturated heterocycles. The zero-order valence-corrected chi connectivity index (χ0v) is 13.0. The molecule has 2 aromatic carbocycles. The highest BCUT2D eigenvalue weighted by Gasteiger charge is 2.31. The van der Waals surface area contributed by atoms with Crippen molar-refractivity contribution in [2.75, 3.05) is 11.9 Å². The number of nitrogens with one attached hydrogen (secondary N) is 1. The summed E-state index contributed by atoms with van der Waals surface area (Å²) in [4.78, 5) is 25.8. The molecule has 2 aromatic rings. The zero-order valence-electron chi connectivity index (χ0n) is 13.0. The molecule has 6 heteroatoms. The van der Waals surface area contributed by atoms with Gasteiger partial charge in [-0.2, -0.15) is 0 Å². The maximum absolute atomic E-state index is 12.9. The van der Waals surface area contributed by atoms with Crippen LogP contribution < -0.4 is 11.1 Å². The van der Waals surface area contributed by atoms with Crippen LogP contribution in [0, 0.1) is 5.82 Å². The van der Waals surface area contributed by atoms with Crippen LogP contribution in [0.2, 0.25) is 0 Å². The van der Waals surface area contributed by atoms with Crippen LogP contribution in [0.4, 0.5) is 10.1 Å². The van der Waals surface area contributed by atoms with E-state index in [2.05, 4.69) is 5.32 Å². The van der Waals surface area contributed by atoms with Gasteiger partial charge >= 0.3 is 0 Å². The predicted molar refractivity (Wildman–Crippen MR) is 88.6 cm³/mol. The highest BCUT2D eigenvalue weighted by molar-refractivity contribution is 5.92. The van der Waals surface area contributed by atoms with E-state index in [-0.39, 0.29) is 18.3 Å². The van der Waals surface area contributed by atoms with E-state index in [1.54, 1.807) is 4.90 Å². The molecule has 1 unspecified atom stereocenters. The predicted octanol–water partition coefficient (Wildman–Crippen LogP) is 1.68. The smallest absolute Gasteiger partial charge is 0.238 e. The monoisotopic (exact) mass is 327 g/mol. The largest absolute Gasteiger partial charge is 0.368 e. The highest BCUT2D eigenvalue weighted by Crippen LogP contribution is 2.23. The first kappa shape index (κ1) is 16.1. The van der Waals surface area contributed by atoms with Gasteiger partial charge in [-0.25, -0.2) is 4.39 Å². The summed E-state index contributed by atoms with van der Waals surface area (Å²) in [6, 6.07) is 12.8. The quantitative estimate of drug-likeness (QED) is 0.897. The summed E-state index contributed by atoms with van der Waals surface area (Å²) in [5.41, 5.74) is 8.18. The van der Waals surface area contributed by atoms with Gasteiger partial charge in [0.2, 0.25) is 11.8 Å². The SMILES string of the molecule is NC(=O)C1Cc2ccccc2CN1CC(=O)Nc1ccc(F)cc1. The summed E-state index contributed by atoms with van der Waals surface area (Å²) >= 11 is 0. The van der Waals surface area contributed by atoms with Crippen molar-refractivity contribution >= 4 is 17.5 Å².